The summed E-state index contributed by atoms with van der Waals surface area (Å²) in [5.74, 6) is -0.919. The topological polar surface area (TPSA) is 108 Å². The number of amides is 1. The summed E-state index contributed by atoms with van der Waals surface area (Å²) in [5, 5.41) is 17.8. The Balaban J connectivity index is 2.71. The van der Waals surface area contributed by atoms with Crippen LogP contribution in [-0.2, 0) is 4.79 Å². The molecule has 0 spiro atoms. The van der Waals surface area contributed by atoms with Crippen molar-refractivity contribution in [2.24, 2.45) is 0 Å². The highest BCUT2D eigenvalue weighted by molar-refractivity contribution is 5.93. The Hall–Kier alpha value is -1.92. The first-order valence-electron chi connectivity index (χ1n) is 5.91. The minimum atomic E-state index is -1.05. The fourth-order valence-corrected chi connectivity index (χ4v) is 1.40. The van der Waals surface area contributed by atoms with Gasteiger partial charge in [-0.1, -0.05) is 27.2 Å². The summed E-state index contributed by atoms with van der Waals surface area (Å²) in [6.07, 6.45) is 1.05. The lowest BCUT2D eigenvalue weighted by Gasteiger charge is -2.11. The van der Waals surface area contributed by atoms with E-state index >= 15 is 0 Å². The number of hydrogen-bond acceptors (Lipinski definition) is 4. The minimum Gasteiger partial charge on any atom is -0.480 e. The van der Waals surface area contributed by atoms with Crippen LogP contribution >= 0.6 is 0 Å². The highest BCUT2D eigenvalue weighted by atomic mass is 16.4. The number of nitrogens with one attached hydrogen (secondary N) is 2. The van der Waals surface area contributed by atoms with E-state index in [1.54, 1.807) is 0 Å². The van der Waals surface area contributed by atoms with E-state index < -0.39 is 17.9 Å². The fourth-order valence-electron chi connectivity index (χ4n) is 1.40. The molecule has 3 N–H and O–H groups in total. The number of aromatic nitrogens is 3. The molecule has 0 saturated carbocycles. The van der Waals surface area contributed by atoms with Crippen LogP contribution in [-0.4, -0.2) is 38.2 Å². The molecular weight excluding hydrogens is 236 g/mol. The molecule has 1 aromatic heterocycles. The van der Waals surface area contributed by atoms with Crippen molar-refractivity contribution in [1.82, 2.24) is 20.5 Å². The number of nitrogens with zero attached hydrogens (tertiary/aromatic N) is 2. The summed E-state index contributed by atoms with van der Waals surface area (Å²) in [5.41, 5.74) is 0. The number of aliphatic carboxylic acids is 1. The fraction of sp³-hybridized carbons (Fsp3) is 0.636. The van der Waals surface area contributed by atoms with Crippen molar-refractivity contribution in [3.05, 3.63) is 11.6 Å². The summed E-state index contributed by atoms with van der Waals surface area (Å²) in [4.78, 5) is 26.7. The molecule has 1 rings (SSSR count). The Morgan fingerprint density at radius 1 is 1.44 bits per heavy atom. The van der Waals surface area contributed by atoms with Crippen molar-refractivity contribution in [3.8, 4) is 0 Å². The number of aromatic amines is 1. The zero-order valence-corrected chi connectivity index (χ0v) is 10.7. The maximum Gasteiger partial charge on any atom is 0.326 e. The second-order valence-corrected chi connectivity index (χ2v) is 4.35. The smallest absolute Gasteiger partial charge is 0.326 e. The Morgan fingerprint density at radius 3 is 2.56 bits per heavy atom. The van der Waals surface area contributed by atoms with E-state index in [-0.39, 0.29) is 11.7 Å². The number of carboxylic acids is 1. The number of carbonyl (C=O) groups excluding carboxylic acids is 1. The molecule has 0 fully saturated rings. The van der Waals surface area contributed by atoms with E-state index in [4.69, 9.17) is 5.11 Å². The van der Waals surface area contributed by atoms with E-state index in [1.807, 2.05) is 20.8 Å². The molecule has 0 aliphatic rings. The van der Waals surface area contributed by atoms with Gasteiger partial charge in [-0.2, -0.15) is 0 Å². The molecule has 0 unspecified atom stereocenters. The van der Waals surface area contributed by atoms with Crippen LogP contribution in [0.1, 0.15) is 56.0 Å². The SMILES string of the molecule is CCC[C@H](NC(=O)c1n[nH]c(C(C)C)n1)C(=O)O. The lowest BCUT2D eigenvalue weighted by Crippen LogP contribution is -2.41. The number of hydrogen-bond donors (Lipinski definition) is 3. The van der Waals surface area contributed by atoms with E-state index in [9.17, 15) is 9.59 Å². The van der Waals surface area contributed by atoms with Crippen molar-refractivity contribution < 1.29 is 14.7 Å². The van der Waals surface area contributed by atoms with Gasteiger partial charge in [-0.3, -0.25) is 9.89 Å². The van der Waals surface area contributed by atoms with Gasteiger partial charge in [-0.15, -0.1) is 5.10 Å². The molecule has 0 aromatic carbocycles. The van der Waals surface area contributed by atoms with Gasteiger partial charge in [0.15, 0.2) is 0 Å². The van der Waals surface area contributed by atoms with Gasteiger partial charge < -0.3 is 10.4 Å². The second-order valence-electron chi connectivity index (χ2n) is 4.35. The Bertz CT molecular complexity index is 428. The Morgan fingerprint density at radius 2 is 2.11 bits per heavy atom. The summed E-state index contributed by atoms with van der Waals surface area (Å²) < 4.78 is 0. The van der Waals surface area contributed by atoms with Gasteiger partial charge in [-0.25, -0.2) is 9.78 Å². The third kappa shape index (κ3) is 3.54. The van der Waals surface area contributed by atoms with E-state index in [2.05, 4.69) is 20.5 Å². The monoisotopic (exact) mass is 254 g/mol. The van der Waals surface area contributed by atoms with Crippen LogP contribution in [0.2, 0.25) is 0 Å². The first-order chi connectivity index (χ1) is 8.45. The molecule has 18 heavy (non-hydrogen) atoms. The molecule has 1 atom stereocenters. The molecule has 100 valence electrons. The maximum atomic E-state index is 11.8. The van der Waals surface area contributed by atoms with E-state index in [0.717, 1.165) is 0 Å². The van der Waals surface area contributed by atoms with Crippen molar-refractivity contribution in [3.63, 3.8) is 0 Å². The van der Waals surface area contributed by atoms with Crippen LogP contribution in [0.25, 0.3) is 0 Å². The predicted octanol–water partition coefficient (Wildman–Crippen LogP) is 0.911. The normalized spacial score (nSPS) is 12.4. The summed E-state index contributed by atoms with van der Waals surface area (Å²) in [6.45, 7) is 5.68. The number of H-pyrrole nitrogens is 1. The van der Waals surface area contributed by atoms with Gasteiger partial charge in [0.1, 0.15) is 11.9 Å². The quantitative estimate of drug-likeness (QED) is 0.699. The minimum absolute atomic E-state index is 0.0268. The molecule has 1 amide bonds. The number of rotatable bonds is 6. The van der Waals surface area contributed by atoms with Gasteiger partial charge in [0.25, 0.3) is 5.91 Å². The van der Waals surface area contributed by atoms with Gasteiger partial charge in [0, 0.05) is 5.92 Å². The van der Waals surface area contributed by atoms with Gasteiger partial charge in [0.2, 0.25) is 5.82 Å². The highest BCUT2D eigenvalue weighted by Crippen LogP contribution is 2.07. The van der Waals surface area contributed by atoms with Crippen molar-refractivity contribution >= 4 is 11.9 Å². The molecule has 0 radical (unpaired) electrons. The third-order valence-electron chi connectivity index (χ3n) is 2.43. The van der Waals surface area contributed by atoms with E-state index in [0.29, 0.717) is 18.7 Å². The van der Waals surface area contributed by atoms with Gasteiger partial charge in [0.05, 0.1) is 0 Å². The molecule has 7 nitrogen and oxygen atoms in total. The van der Waals surface area contributed by atoms with Crippen LogP contribution in [0.15, 0.2) is 0 Å². The molecule has 0 aliphatic carbocycles. The Labute approximate surface area is 105 Å². The zero-order chi connectivity index (χ0) is 13.7. The Kier molecular flexibility index (Phi) is 4.82. The molecule has 0 aliphatic heterocycles. The summed E-state index contributed by atoms with van der Waals surface area (Å²) >= 11 is 0. The first kappa shape index (κ1) is 14.1. The molecule has 0 bridgehead atoms. The van der Waals surface area contributed by atoms with Crippen molar-refractivity contribution in [2.75, 3.05) is 0 Å². The average molecular weight is 254 g/mol. The van der Waals surface area contributed by atoms with Crippen molar-refractivity contribution in [1.29, 1.82) is 0 Å². The molecule has 1 aromatic rings. The lowest BCUT2D eigenvalue weighted by atomic mass is 10.1. The number of carboxylic acid groups (broad SMARTS) is 1. The largest absolute Gasteiger partial charge is 0.480 e. The number of carbonyl (C=O) groups is 2. The van der Waals surface area contributed by atoms with Crippen molar-refractivity contribution in [2.45, 2.75) is 45.6 Å². The molecular formula is C11H18N4O3. The van der Waals surface area contributed by atoms with E-state index in [1.165, 1.54) is 0 Å². The second kappa shape index (κ2) is 6.13. The molecule has 0 saturated heterocycles. The third-order valence-corrected chi connectivity index (χ3v) is 2.43. The predicted molar refractivity (Wildman–Crippen MR) is 64.3 cm³/mol. The van der Waals surface area contributed by atoms with Crippen LogP contribution < -0.4 is 5.32 Å². The summed E-state index contributed by atoms with van der Waals surface area (Å²) in [7, 11) is 0. The van der Waals surface area contributed by atoms with Crippen LogP contribution in [0, 0.1) is 0 Å². The average Bonchev–Trinajstić information content (AvgIpc) is 2.77. The van der Waals surface area contributed by atoms with Crippen LogP contribution in [0.3, 0.4) is 0 Å². The maximum absolute atomic E-state index is 11.8. The van der Waals surface area contributed by atoms with Gasteiger partial charge in [-0.05, 0) is 6.42 Å². The standard InChI is InChI=1S/C11H18N4O3/c1-4-5-7(11(17)18)12-10(16)9-13-8(6(2)3)14-15-9/h6-7H,4-5H2,1-3H3,(H,12,16)(H,17,18)(H,13,14,15)/t7-/m0/s1. The van der Waals surface area contributed by atoms with Crippen LogP contribution in [0.4, 0.5) is 0 Å². The lowest BCUT2D eigenvalue weighted by molar-refractivity contribution is -0.139. The van der Waals surface area contributed by atoms with Crippen LogP contribution in [0.5, 0.6) is 0 Å². The first-order valence-corrected chi connectivity index (χ1v) is 5.91. The molecule has 1 heterocycles. The highest BCUT2D eigenvalue weighted by Gasteiger charge is 2.22. The van der Waals surface area contributed by atoms with Gasteiger partial charge >= 0.3 is 5.97 Å². The zero-order valence-electron chi connectivity index (χ0n) is 10.7. The molecule has 7 heteroatoms. The summed E-state index contributed by atoms with van der Waals surface area (Å²) in [6, 6.07) is -0.900.